The van der Waals surface area contributed by atoms with E-state index < -0.39 is 0 Å². The Morgan fingerprint density at radius 2 is 1.81 bits per heavy atom. The van der Waals surface area contributed by atoms with Gasteiger partial charge in [-0.3, -0.25) is 0 Å². The molecule has 0 N–H and O–H groups in total. The summed E-state index contributed by atoms with van der Waals surface area (Å²) in [5, 5.41) is 0.993. The molecule has 2 rings (SSSR count). The van der Waals surface area contributed by atoms with Gasteiger partial charge in [0.15, 0.2) is 0 Å². The molecule has 0 aliphatic rings. The van der Waals surface area contributed by atoms with Crippen molar-refractivity contribution < 1.29 is 0 Å². The molecule has 0 saturated heterocycles. The normalized spacial score (nSPS) is 10.4. The van der Waals surface area contributed by atoms with E-state index in [0.717, 1.165) is 19.5 Å². The highest BCUT2D eigenvalue weighted by Crippen LogP contribution is 2.32. The summed E-state index contributed by atoms with van der Waals surface area (Å²) < 4.78 is 2.13. The van der Waals surface area contributed by atoms with E-state index in [1.165, 1.54) is 4.90 Å². The Bertz CT molecular complexity index is 497. The molecule has 1 aromatic heterocycles. The molecular formula is C12H9Br2NS. The van der Waals surface area contributed by atoms with Crippen LogP contribution in [0.4, 0.5) is 0 Å². The van der Waals surface area contributed by atoms with E-state index in [1.54, 1.807) is 11.8 Å². The van der Waals surface area contributed by atoms with Crippen LogP contribution < -0.4 is 0 Å². The molecule has 0 saturated carbocycles. The van der Waals surface area contributed by atoms with Crippen LogP contribution >= 0.6 is 43.6 Å². The topological polar surface area (TPSA) is 12.9 Å². The molecule has 0 spiro atoms. The summed E-state index contributed by atoms with van der Waals surface area (Å²) in [6.45, 7) is 2.03. The van der Waals surface area contributed by atoms with Crippen molar-refractivity contribution in [1.82, 2.24) is 4.98 Å². The third-order valence-corrected chi connectivity index (χ3v) is 4.39. The molecular weight excluding hydrogens is 350 g/mol. The molecule has 0 fully saturated rings. The SMILES string of the molecule is Cc1cnc(Sc2ccc(Br)cc2)c(Br)c1. The lowest BCUT2D eigenvalue weighted by molar-refractivity contribution is 1.08. The van der Waals surface area contributed by atoms with Crippen LogP contribution in [-0.4, -0.2) is 4.98 Å². The Hall–Kier alpha value is -0.320. The van der Waals surface area contributed by atoms with Crippen LogP contribution in [0.15, 0.2) is 55.4 Å². The molecule has 0 atom stereocenters. The van der Waals surface area contributed by atoms with Gasteiger partial charge >= 0.3 is 0 Å². The van der Waals surface area contributed by atoms with Gasteiger partial charge in [0, 0.05) is 15.6 Å². The van der Waals surface area contributed by atoms with Crippen LogP contribution in [-0.2, 0) is 0 Å². The molecule has 0 aliphatic carbocycles. The number of rotatable bonds is 2. The fourth-order valence-electron chi connectivity index (χ4n) is 1.21. The van der Waals surface area contributed by atoms with Crippen LogP contribution in [0, 0.1) is 6.92 Å². The lowest BCUT2D eigenvalue weighted by atomic mass is 10.3. The second-order valence-electron chi connectivity index (χ2n) is 3.36. The zero-order valence-electron chi connectivity index (χ0n) is 8.58. The third-order valence-electron chi connectivity index (χ3n) is 1.97. The highest BCUT2D eigenvalue weighted by Gasteiger charge is 2.04. The molecule has 1 aromatic carbocycles. The first-order valence-corrected chi connectivity index (χ1v) is 7.11. The summed E-state index contributed by atoms with van der Waals surface area (Å²) in [5.41, 5.74) is 1.16. The second kappa shape index (κ2) is 5.34. The maximum atomic E-state index is 4.40. The Balaban J connectivity index is 2.23. The molecule has 0 unspecified atom stereocenters. The summed E-state index contributed by atoms with van der Waals surface area (Å²) in [6, 6.07) is 10.3. The number of nitrogens with zero attached hydrogens (tertiary/aromatic N) is 1. The minimum atomic E-state index is 0.993. The van der Waals surface area contributed by atoms with Crippen molar-refractivity contribution in [3.05, 3.63) is 51.0 Å². The van der Waals surface area contributed by atoms with Gasteiger partial charge in [0.2, 0.25) is 0 Å². The van der Waals surface area contributed by atoms with Gasteiger partial charge in [-0.25, -0.2) is 4.98 Å². The number of hydrogen-bond acceptors (Lipinski definition) is 2. The highest BCUT2D eigenvalue weighted by molar-refractivity contribution is 9.10. The maximum absolute atomic E-state index is 4.40. The Kier molecular flexibility index (Phi) is 4.05. The maximum Gasteiger partial charge on any atom is 0.115 e. The monoisotopic (exact) mass is 357 g/mol. The average molecular weight is 359 g/mol. The van der Waals surface area contributed by atoms with Gasteiger partial charge in [-0.15, -0.1) is 0 Å². The van der Waals surface area contributed by atoms with Crippen LogP contribution in [0.3, 0.4) is 0 Å². The number of pyridine rings is 1. The van der Waals surface area contributed by atoms with Gasteiger partial charge < -0.3 is 0 Å². The van der Waals surface area contributed by atoms with Crippen molar-refractivity contribution in [3.8, 4) is 0 Å². The molecule has 82 valence electrons. The predicted octanol–water partition coefficient (Wildman–Crippen LogP) is 5.07. The number of halogens is 2. The molecule has 4 heteroatoms. The third kappa shape index (κ3) is 3.09. The van der Waals surface area contributed by atoms with Gasteiger partial charge in [0.1, 0.15) is 5.03 Å². The minimum Gasteiger partial charge on any atom is -0.248 e. The van der Waals surface area contributed by atoms with Gasteiger partial charge in [-0.05, 0) is 58.7 Å². The van der Waals surface area contributed by atoms with Crippen LogP contribution in [0.2, 0.25) is 0 Å². The van der Waals surface area contributed by atoms with Crippen molar-refractivity contribution in [1.29, 1.82) is 0 Å². The van der Waals surface area contributed by atoms with Crippen molar-refractivity contribution >= 4 is 43.6 Å². The molecule has 0 radical (unpaired) electrons. The van der Waals surface area contributed by atoms with E-state index in [4.69, 9.17) is 0 Å². The van der Waals surface area contributed by atoms with Gasteiger partial charge in [0.25, 0.3) is 0 Å². The number of benzene rings is 1. The fourth-order valence-corrected chi connectivity index (χ4v) is 2.94. The molecule has 2 aromatic rings. The first kappa shape index (κ1) is 12.1. The molecule has 0 amide bonds. The summed E-state index contributed by atoms with van der Waals surface area (Å²) in [5.74, 6) is 0. The molecule has 1 nitrogen and oxygen atoms in total. The quantitative estimate of drug-likeness (QED) is 0.743. The van der Waals surface area contributed by atoms with Gasteiger partial charge in [0.05, 0.1) is 4.47 Å². The van der Waals surface area contributed by atoms with Crippen LogP contribution in [0.5, 0.6) is 0 Å². The lowest BCUT2D eigenvalue weighted by Crippen LogP contribution is -1.83. The molecule has 0 bridgehead atoms. The summed E-state index contributed by atoms with van der Waals surface area (Å²) in [4.78, 5) is 5.58. The number of aromatic nitrogens is 1. The Morgan fingerprint density at radius 3 is 2.44 bits per heavy atom. The standard InChI is InChI=1S/C12H9Br2NS/c1-8-6-11(14)12(15-7-8)16-10-4-2-9(13)3-5-10/h2-7H,1H3. The molecule has 1 heterocycles. The van der Waals surface area contributed by atoms with Gasteiger partial charge in [-0.1, -0.05) is 27.7 Å². The van der Waals surface area contributed by atoms with Crippen molar-refractivity contribution in [3.63, 3.8) is 0 Å². The highest BCUT2D eigenvalue weighted by atomic mass is 79.9. The average Bonchev–Trinajstić information content (AvgIpc) is 2.25. The summed E-state index contributed by atoms with van der Waals surface area (Å²) in [7, 11) is 0. The predicted molar refractivity (Wildman–Crippen MR) is 74.9 cm³/mol. The zero-order valence-corrected chi connectivity index (χ0v) is 12.6. The second-order valence-corrected chi connectivity index (χ2v) is 6.19. The van der Waals surface area contributed by atoms with Crippen molar-refractivity contribution in [2.45, 2.75) is 16.8 Å². The Morgan fingerprint density at radius 1 is 1.12 bits per heavy atom. The van der Waals surface area contributed by atoms with Crippen molar-refractivity contribution in [2.24, 2.45) is 0 Å². The lowest BCUT2D eigenvalue weighted by Gasteiger charge is -2.04. The molecule has 16 heavy (non-hydrogen) atoms. The first-order chi connectivity index (χ1) is 7.65. The largest absolute Gasteiger partial charge is 0.248 e. The minimum absolute atomic E-state index is 0.993. The fraction of sp³-hybridized carbons (Fsp3) is 0.0833. The van der Waals surface area contributed by atoms with E-state index in [1.807, 2.05) is 25.3 Å². The van der Waals surface area contributed by atoms with E-state index in [0.29, 0.717) is 0 Å². The van der Waals surface area contributed by atoms with Crippen molar-refractivity contribution in [2.75, 3.05) is 0 Å². The zero-order chi connectivity index (χ0) is 11.5. The first-order valence-electron chi connectivity index (χ1n) is 4.71. The van der Waals surface area contributed by atoms with Gasteiger partial charge in [-0.2, -0.15) is 0 Å². The van der Waals surface area contributed by atoms with Crippen LogP contribution in [0.1, 0.15) is 5.56 Å². The summed E-state index contributed by atoms with van der Waals surface area (Å²) in [6.07, 6.45) is 1.88. The number of hydrogen-bond donors (Lipinski definition) is 0. The van der Waals surface area contributed by atoms with E-state index in [9.17, 15) is 0 Å². The van der Waals surface area contributed by atoms with E-state index in [2.05, 4.69) is 55.0 Å². The Labute approximate surface area is 116 Å². The van der Waals surface area contributed by atoms with Crippen LogP contribution in [0.25, 0.3) is 0 Å². The summed E-state index contributed by atoms with van der Waals surface area (Å²) >= 11 is 8.60. The number of aryl methyl sites for hydroxylation is 1. The molecule has 0 aliphatic heterocycles. The smallest absolute Gasteiger partial charge is 0.115 e. The van der Waals surface area contributed by atoms with E-state index in [-0.39, 0.29) is 0 Å². The van der Waals surface area contributed by atoms with E-state index >= 15 is 0 Å².